The van der Waals surface area contributed by atoms with Crippen molar-refractivity contribution in [1.29, 1.82) is 0 Å². The summed E-state index contributed by atoms with van der Waals surface area (Å²) >= 11 is 6.22. The van der Waals surface area contributed by atoms with Gasteiger partial charge in [0.2, 0.25) is 5.88 Å². The van der Waals surface area contributed by atoms with E-state index in [2.05, 4.69) is 6.92 Å². The molecule has 5 nitrogen and oxygen atoms in total. The summed E-state index contributed by atoms with van der Waals surface area (Å²) in [7, 11) is 1.63. The third-order valence-corrected chi connectivity index (χ3v) is 5.01. The molecule has 138 valence electrons. The first kappa shape index (κ1) is 17.5. The van der Waals surface area contributed by atoms with Crippen LogP contribution in [0.5, 0.6) is 11.6 Å². The van der Waals surface area contributed by atoms with Gasteiger partial charge in [0.05, 0.1) is 29.2 Å². The molecule has 4 rings (SSSR count). The largest absolute Gasteiger partial charge is 0.496 e. The van der Waals surface area contributed by atoms with Gasteiger partial charge >= 0.3 is 0 Å². The topological polar surface area (TPSA) is 73.3 Å². The highest BCUT2D eigenvalue weighted by Gasteiger charge is 2.18. The van der Waals surface area contributed by atoms with Crippen molar-refractivity contribution in [3.8, 4) is 22.8 Å². The zero-order chi connectivity index (χ0) is 19.1. The zero-order valence-electron chi connectivity index (χ0n) is 15.2. The Morgan fingerprint density at radius 3 is 2.78 bits per heavy atom. The molecule has 0 atom stereocenters. The van der Waals surface area contributed by atoms with Crippen LogP contribution < -0.4 is 10.5 Å². The molecule has 2 aromatic carbocycles. The minimum absolute atomic E-state index is 0.157. The number of methoxy groups -OCH3 is 1. The van der Waals surface area contributed by atoms with Crippen LogP contribution in [-0.2, 0) is 6.54 Å². The first-order valence-corrected chi connectivity index (χ1v) is 9.16. The SMILES string of the molecule is CCCn1cc2nc3c(-c4cc(Cl)ccc4OC)cccc3c(N)c2c1O. The van der Waals surface area contributed by atoms with Crippen molar-refractivity contribution < 1.29 is 9.84 Å². The highest BCUT2D eigenvalue weighted by Crippen LogP contribution is 2.41. The van der Waals surface area contributed by atoms with E-state index in [1.165, 1.54) is 0 Å². The van der Waals surface area contributed by atoms with E-state index in [1.807, 2.05) is 36.5 Å². The fourth-order valence-corrected chi connectivity index (χ4v) is 3.70. The van der Waals surface area contributed by atoms with Crippen molar-refractivity contribution in [3.63, 3.8) is 0 Å². The number of pyridine rings is 1. The van der Waals surface area contributed by atoms with Gasteiger partial charge in [-0.3, -0.25) is 0 Å². The second-order valence-electron chi connectivity index (χ2n) is 6.48. The molecule has 0 fully saturated rings. The summed E-state index contributed by atoms with van der Waals surface area (Å²) in [5, 5.41) is 12.6. The number of benzene rings is 2. The number of nitrogen functional groups attached to an aromatic ring is 1. The van der Waals surface area contributed by atoms with Gasteiger partial charge in [-0.1, -0.05) is 36.7 Å². The lowest BCUT2D eigenvalue weighted by molar-refractivity contribution is 0.416. The van der Waals surface area contributed by atoms with E-state index in [1.54, 1.807) is 17.7 Å². The van der Waals surface area contributed by atoms with Crippen molar-refractivity contribution in [2.45, 2.75) is 19.9 Å². The minimum Gasteiger partial charge on any atom is -0.496 e. The molecule has 2 aromatic heterocycles. The van der Waals surface area contributed by atoms with Crippen molar-refractivity contribution in [3.05, 3.63) is 47.6 Å². The Morgan fingerprint density at radius 2 is 2.04 bits per heavy atom. The average Bonchev–Trinajstić information content (AvgIpc) is 2.97. The van der Waals surface area contributed by atoms with Crippen LogP contribution in [0, 0.1) is 0 Å². The Morgan fingerprint density at radius 1 is 1.22 bits per heavy atom. The molecule has 0 unspecified atom stereocenters. The molecule has 2 heterocycles. The van der Waals surface area contributed by atoms with E-state index < -0.39 is 0 Å². The van der Waals surface area contributed by atoms with Crippen LogP contribution in [-0.4, -0.2) is 21.8 Å². The number of rotatable bonds is 4. The second-order valence-corrected chi connectivity index (χ2v) is 6.91. The number of aromatic nitrogens is 2. The fourth-order valence-electron chi connectivity index (χ4n) is 3.53. The van der Waals surface area contributed by atoms with E-state index in [9.17, 15) is 5.11 Å². The number of fused-ring (bicyclic) bond motifs is 2. The van der Waals surface area contributed by atoms with E-state index in [-0.39, 0.29) is 5.88 Å². The third-order valence-electron chi connectivity index (χ3n) is 4.77. The molecule has 0 bridgehead atoms. The van der Waals surface area contributed by atoms with Crippen molar-refractivity contribution in [2.24, 2.45) is 0 Å². The Hall–Kier alpha value is -2.92. The van der Waals surface area contributed by atoms with Crippen LogP contribution in [0.1, 0.15) is 13.3 Å². The number of hydrogen-bond acceptors (Lipinski definition) is 4. The summed E-state index contributed by atoms with van der Waals surface area (Å²) in [6.45, 7) is 2.76. The highest BCUT2D eigenvalue weighted by atomic mass is 35.5. The lowest BCUT2D eigenvalue weighted by Crippen LogP contribution is -1.95. The Labute approximate surface area is 162 Å². The second kappa shape index (κ2) is 6.67. The summed E-state index contributed by atoms with van der Waals surface area (Å²) in [4.78, 5) is 4.82. The number of hydrogen-bond donors (Lipinski definition) is 2. The molecule has 0 aliphatic carbocycles. The van der Waals surface area contributed by atoms with Crippen LogP contribution in [0.2, 0.25) is 5.02 Å². The molecule has 4 aromatic rings. The first-order chi connectivity index (χ1) is 13.0. The van der Waals surface area contributed by atoms with E-state index in [0.29, 0.717) is 33.9 Å². The molecule has 0 spiro atoms. The first-order valence-electron chi connectivity index (χ1n) is 8.79. The van der Waals surface area contributed by atoms with Gasteiger partial charge in [-0.15, -0.1) is 0 Å². The third kappa shape index (κ3) is 2.75. The molecule has 0 aliphatic rings. The van der Waals surface area contributed by atoms with E-state index in [0.717, 1.165) is 28.5 Å². The predicted octanol–water partition coefficient (Wildman–Crippen LogP) is 5.22. The number of aromatic hydroxyl groups is 1. The fraction of sp³-hybridized carbons (Fsp3) is 0.190. The standard InChI is InChI=1S/C21H20ClN3O2/c1-3-9-25-11-16-18(21(25)26)19(23)14-6-4-5-13(20(14)24-16)15-10-12(22)7-8-17(15)27-2/h4-8,10-11,26H,3,9,23H2,1-2H3. The van der Waals surface area contributed by atoms with Gasteiger partial charge in [-0.25, -0.2) is 4.98 Å². The monoisotopic (exact) mass is 381 g/mol. The quantitative estimate of drug-likeness (QED) is 0.508. The van der Waals surface area contributed by atoms with Gasteiger partial charge in [-0.05, 0) is 24.6 Å². The van der Waals surface area contributed by atoms with Crippen LogP contribution in [0.15, 0.2) is 42.6 Å². The number of anilines is 1. The maximum absolute atomic E-state index is 10.6. The summed E-state index contributed by atoms with van der Waals surface area (Å²) in [6.07, 6.45) is 2.74. The normalized spacial score (nSPS) is 11.4. The van der Waals surface area contributed by atoms with Gasteiger partial charge < -0.3 is 20.1 Å². The maximum Gasteiger partial charge on any atom is 0.202 e. The van der Waals surface area contributed by atoms with Gasteiger partial charge in [0.1, 0.15) is 5.75 Å². The number of aryl methyl sites for hydroxylation is 1. The molecule has 0 aliphatic heterocycles. The summed E-state index contributed by atoms with van der Waals surface area (Å²) in [5.74, 6) is 0.864. The van der Waals surface area contributed by atoms with Crippen molar-refractivity contribution in [1.82, 2.24) is 9.55 Å². The number of halogens is 1. The smallest absolute Gasteiger partial charge is 0.202 e. The van der Waals surface area contributed by atoms with Crippen LogP contribution in [0.4, 0.5) is 5.69 Å². The van der Waals surface area contributed by atoms with Crippen molar-refractivity contribution >= 4 is 39.1 Å². The van der Waals surface area contributed by atoms with Gasteiger partial charge in [-0.2, -0.15) is 0 Å². The Kier molecular flexibility index (Phi) is 4.32. The van der Waals surface area contributed by atoms with Crippen LogP contribution in [0.25, 0.3) is 32.9 Å². The van der Waals surface area contributed by atoms with Gasteiger partial charge in [0.25, 0.3) is 0 Å². The molecule has 3 N–H and O–H groups in total. The van der Waals surface area contributed by atoms with Crippen LogP contribution in [0.3, 0.4) is 0 Å². The van der Waals surface area contributed by atoms with Gasteiger partial charge in [0, 0.05) is 34.3 Å². The molecule has 0 radical (unpaired) electrons. The summed E-state index contributed by atoms with van der Waals surface area (Å²) < 4.78 is 7.30. The van der Waals surface area contributed by atoms with E-state index >= 15 is 0 Å². The molecular weight excluding hydrogens is 362 g/mol. The average molecular weight is 382 g/mol. The Balaban J connectivity index is 2.07. The summed E-state index contributed by atoms with van der Waals surface area (Å²) in [5.41, 5.74) is 10.1. The molecule has 0 saturated carbocycles. The number of ether oxygens (including phenoxy) is 1. The van der Waals surface area contributed by atoms with Gasteiger partial charge in [0.15, 0.2) is 0 Å². The lowest BCUT2D eigenvalue weighted by Gasteiger charge is -2.12. The molecule has 0 saturated heterocycles. The van der Waals surface area contributed by atoms with Crippen LogP contribution >= 0.6 is 11.6 Å². The Bertz CT molecular complexity index is 1170. The molecule has 6 heteroatoms. The molecular formula is C21H20ClN3O2. The lowest BCUT2D eigenvalue weighted by atomic mass is 9.99. The predicted molar refractivity (Wildman–Crippen MR) is 111 cm³/mol. The maximum atomic E-state index is 10.6. The number of nitrogens with two attached hydrogens (primary N) is 1. The molecule has 27 heavy (non-hydrogen) atoms. The van der Waals surface area contributed by atoms with Crippen molar-refractivity contribution in [2.75, 3.05) is 12.8 Å². The summed E-state index contributed by atoms with van der Waals surface area (Å²) in [6, 6.07) is 11.3. The number of nitrogens with zero attached hydrogens (tertiary/aromatic N) is 2. The minimum atomic E-state index is 0.157. The highest BCUT2D eigenvalue weighted by molar-refractivity contribution is 6.31. The zero-order valence-corrected chi connectivity index (χ0v) is 15.9. The number of para-hydroxylation sites is 1. The van der Waals surface area contributed by atoms with E-state index in [4.69, 9.17) is 27.1 Å². The molecule has 0 amide bonds.